The lowest BCUT2D eigenvalue weighted by atomic mass is 10.3. The van der Waals surface area contributed by atoms with E-state index in [9.17, 15) is 0 Å². The second-order valence-corrected chi connectivity index (χ2v) is 4.83. The Morgan fingerprint density at radius 3 is 3.19 bits per heavy atom. The number of hydrogen-bond donors (Lipinski definition) is 2. The number of guanidine groups is 1. The van der Waals surface area contributed by atoms with Crippen LogP contribution in [0.2, 0.25) is 0 Å². The van der Waals surface area contributed by atoms with Crippen LogP contribution in [0, 0.1) is 23.8 Å². The topological polar surface area (TPSA) is 82.3 Å². The van der Waals surface area contributed by atoms with Crippen molar-refractivity contribution in [3.05, 3.63) is 24.0 Å². The van der Waals surface area contributed by atoms with Gasteiger partial charge in [-0.15, -0.1) is 6.42 Å². The van der Waals surface area contributed by atoms with Crippen molar-refractivity contribution in [3.63, 3.8) is 0 Å². The zero-order valence-electron chi connectivity index (χ0n) is 11.8. The van der Waals surface area contributed by atoms with Crippen LogP contribution >= 0.6 is 11.8 Å². The molecule has 21 heavy (non-hydrogen) atoms. The number of nitrogens with zero attached hydrogens (tertiary/aromatic N) is 3. The van der Waals surface area contributed by atoms with Crippen LogP contribution in [-0.4, -0.2) is 36.9 Å². The minimum atomic E-state index is 0.325. The monoisotopic (exact) mass is 303 g/mol. The van der Waals surface area contributed by atoms with Gasteiger partial charge in [-0.2, -0.15) is 17.0 Å². The van der Waals surface area contributed by atoms with Gasteiger partial charge in [-0.3, -0.25) is 15.3 Å². The first-order chi connectivity index (χ1) is 10.3. The fourth-order valence-electron chi connectivity index (χ4n) is 1.44. The van der Waals surface area contributed by atoms with Crippen LogP contribution in [0.4, 0.5) is 0 Å². The van der Waals surface area contributed by atoms with Gasteiger partial charge in [-0.1, -0.05) is 5.92 Å². The van der Waals surface area contributed by atoms with Crippen LogP contribution in [0.5, 0.6) is 5.75 Å². The molecule has 0 aliphatic heterocycles. The molecule has 0 saturated carbocycles. The maximum atomic E-state index is 8.58. The minimum Gasteiger partial charge on any atom is -0.495 e. The molecule has 0 aliphatic carbocycles. The molecule has 0 bridgehead atoms. The van der Waals surface area contributed by atoms with Crippen LogP contribution in [0.25, 0.3) is 0 Å². The molecule has 0 amide bonds. The van der Waals surface area contributed by atoms with Gasteiger partial charge in [0.1, 0.15) is 5.75 Å². The van der Waals surface area contributed by atoms with Crippen LogP contribution in [-0.2, 0) is 5.75 Å². The van der Waals surface area contributed by atoms with Gasteiger partial charge >= 0.3 is 0 Å². The maximum Gasteiger partial charge on any atom is 0.205 e. The summed E-state index contributed by atoms with van der Waals surface area (Å²) in [4.78, 5) is 8.51. The quantitative estimate of drug-likeness (QED) is 0.195. The van der Waals surface area contributed by atoms with E-state index < -0.39 is 0 Å². The molecule has 0 atom stereocenters. The van der Waals surface area contributed by atoms with Crippen molar-refractivity contribution in [3.8, 4) is 24.3 Å². The Balaban J connectivity index is 2.36. The summed E-state index contributed by atoms with van der Waals surface area (Å²) in [6.45, 7) is 0.896. The molecule has 0 aromatic carbocycles. The predicted molar refractivity (Wildman–Crippen MR) is 84.8 cm³/mol. The highest BCUT2D eigenvalue weighted by molar-refractivity contribution is 7.98. The summed E-state index contributed by atoms with van der Waals surface area (Å²) >= 11 is 1.69. The summed E-state index contributed by atoms with van der Waals surface area (Å²) in [6.07, 6.45) is 8.70. The zero-order valence-corrected chi connectivity index (χ0v) is 12.6. The van der Waals surface area contributed by atoms with Crippen molar-refractivity contribution in [1.29, 1.82) is 5.26 Å². The van der Waals surface area contributed by atoms with Gasteiger partial charge in [0.25, 0.3) is 0 Å². The van der Waals surface area contributed by atoms with E-state index in [4.69, 9.17) is 16.4 Å². The molecule has 2 N–H and O–H groups in total. The van der Waals surface area contributed by atoms with Crippen molar-refractivity contribution in [1.82, 2.24) is 15.6 Å². The summed E-state index contributed by atoms with van der Waals surface area (Å²) in [5.74, 6) is 5.15. The minimum absolute atomic E-state index is 0.325. The molecule has 0 radical (unpaired) electrons. The van der Waals surface area contributed by atoms with E-state index in [1.165, 1.54) is 0 Å². The molecule has 0 spiro atoms. The van der Waals surface area contributed by atoms with Crippen molar-refractivity contribution < 1.29 is 4.74 Å². The summed E-state index contributed by atoms with van der Waals surface area (Å²) in [5.41, 5.74) is 0.912. The van der Waals surface area contributed by atoms with Crippen molar-refractivity contribution >= 4 is 17.7 Å². The number of thioether (sulfide) groups is 1. The fraction of sp³-hybridized carbons (Fsp3) is 0.357. The highest BCUT2D eigenvalue weighted by atomic mass is 32.2. The molecule has 1 aromatic rings. The third-order valence-corrected chi connectivity index (χ3v) is 3.29. The number of terminal acetylenes is 1. The van der Waals surface area contributed by atoms with Crippen molar-refractivity contribution in [2.24, 2.45) is 4.99 Å². The third-order valence-electron chi connectivity index (χ3n) is 2.34. The number of aromatic nitrogens is 1. The van der Waals surface area contributed by atoms with E-state index in [1.54, 1.807) is 25.1 Å². The first kappa shape index (κ1) is 16.7. The highest BCUT2D eigenvalue weighted by Gasteiger charge is 2.03. The summed E-state index contributed by atoms with van der Waals surface area (Å²) < 4.78 is 5.24. The summed E-state index contributed by atoms with van der Waals surface area (Å²) in [6, 6.07) is 3.73. The second-order valence-electron chi connectivity index (χ2n) is 3.73. The average molecular weight is 303 g/mol. The molecule has 1 aromatic heterocycles. The molecule has 0 aliphatic rings. The van der Waals surface area contributed by atoms with E-state index in [0.29, 0.717) is 19.0 Å². The molecule has 6 nitrogen and oxygen atoms in total. The molecular formula is C14H17N5OS. The zero-order chi connectivity index (χ0) is 15.3. The third kappa shape index (κ3) is 6.55. The Morgan fingerprint density at radius 1 is 1.62 bits per heavy atom. The van der Waals surface area contributed by atoms with Crippen LogP contribution in [0.15, 0.2) is 23.3 Å². The lowest BCUT2D eigenvalue weighted by Gasteiger charge is -2.06. The number of pyridine rings is 1. The molecule has 7 heteroatoms. The second kappa shape index (κ2) is 10.4. The molecule has 0 fully saturated rings. The van der Waals surface area contributed by atoms with Gasteiger partial charge in [0.05, 0.1) is 25.9 Å². The largest absolute Gasteiger partial charge is 0.495 e. The number of nitrogens with one attached hydrogen (secondary N) is 2. The normalized spacial score (nSPS) is 10.3. The summed E-state index contributed by atoms with van der Waals surface area (Å²) in [7, 11) is 1.63. The molecule has 1 rings (SSSR count). The van der Waals surface area contributed by atoms with E-state index >= 15 is 0 Å². The van der Waals surface area contributed by atoms with Gasteiger partial charge in [-0.25, -0.2) is 0 Å². The molecule has 0 saturated heterocycles. The number of nitriles is 1. The van der Waals surface area contributed by atoms with Crippen LogP contribution in [0.1, 0.15) is 5.69 Å². The van der Waals surface area contributed by atoms with Gasteiger partial charge in [0.15, 0.2) is 6.19 Å². The Bertz CT molecular complexity index is 547. The number of hydrogen-bond acceptors (Lipinski definition) is 5. The molecule has 110 valence electrons. The number of rotatable bonds is 7. The predicted octanol–water partition coefficient (Wildman–Crippen LogP) is 0.973. The maximum absolute atomic E-state index is 8.58. The van der Waals surface area contributed by atoms with Gasteiger partial charge < -0.3 is 10.1 Å². The van der Waals surface area contributed by atoms with Crippen molar-refractivity contribution in [2.75, 3.05) is 26.0 Å². The first-order valence-corrected chi connectivity index (χ1v) is 7.39. The molecular weight excluding hydrogens is 286 g/mol. The van der Waals surface area contributed by atoms with E-state index in [1.807, 2.05) is 18.3 Å². The standard InChI is InChI=1S/C14H17N5OS/c1-3-6-17-14(19-11-15)18-8-9-21-10-12-13(20-2)5-4-7-16-12/h1,4-5,7H,6,8-10H2,2H3,(H2,17,18,19). The number of methoxy groups -OCH3 is 1. The lowest BCUT2D eigenvalue weighted by molar-refractivity contribution is 0.409. The van der Waals surface area contributed by atoms with E-state index in [0.717, 1.165) is 22.9 Å². The Hall–Kier alpha value is -2.38. The van der Waals surface area contributed by atoms with E-state index in [-0.39, 0.29) is 0 Å². The lowest BCUT2D eigenvalue weighted by Crippen LogP contribution is -2.34. The number of ether oxygens (including phenoxy) is 1. The van der Waals surface area contributed by atoms with Crippen LogP contribution in [0.3, 0.4) is 0 Å². The first-order valence-electron chi connectivity index (χ1n) is 6.24. The van der Waals surface area contributed by atoms with E-state index in [2.05, 4.69) is 26.5 Å². The fourth-order valence-corrected chi connectivity index (χ4v) is 2.21. The SMILES string of the molecule is C#CCNC(=NCCSCc1ncccc1OC)NC#N. The average Bonchev–Trinajstić information content (AvgIpc) is 2.52. The Labute approximate surface area is 129 Å². The van der Waals surface area contributed by atoms with Gasteiger partial charge in [0.2, 0.25) is 5.96 Å². The van der Waals surface area contributed by atoms with Gasteiger partial charge in [-0.05, 0) is 12.1 Å². The molecule has 1 heterocycles. The number of aliphatic imine (C=N–C) groups is 1. The highest BCUT2D eigenvalue weighted by Crippen LogP contribution is 2.19. The van der Waals surface area contributed by atoms with Crippen molar-refractivity contribution in [2.45, 2.75) is 5.75 Å². The Kier molecular flexibility index (Phi) is 8.27. The van der Waals surface area contributed by atoms with Crippen LogP contribution < -0.4 is 15.4 Å². The van der Waals surface area contributed by atoms with Gasteiger partial charge in [0, 0.05) is 17.7 Å². The Morgan fingerprint density at radius 2 is 2.48 bits per heavy atom. The summed E-state index contributed by atoms with van der Waals surface area (Å²) in [5, 5.41) is 13.9. The smallest absolute Gasteiger partial charge is 0.205 e. The molecule has 0 unspecified atom stereocenters.